The van der Waals surface area contributed by atoms with E-state index < -0.39 is 5.97 Å². The van der Waals surface area contributed by atoms with E-state index in [-0.39, 0.29) is 11.2 Å². The van der Waals surface area contributed by atoms with Crippen LogP contribution in [-0.4, -0.2) is 18.9 Å². The molecule has 90 valence electrons. The van der Waals surface area contributed by atoms with Crippen molar-refractivity contribution in [3.05, 3.63) is 24.3 Å². The van der Waals surface area contributed by atoms with Crippen LogP contribution in [0.5, 0.6) is 0 Å². The van der Waals surface area contributed by atoms with Crippen molar-refractivity contribution in [1.29, 1.82) is 0 Å². The summed E-state index contributed by atoms with van der Waals surface area (Å²) in [5.41, 5.74) is 1.43. The molecule has 1 rings (SSSR count). The van der Waals surface area contributed by atoms with Crippen LogP contribution in [-0.2, 0) is 14.3 Å². The molecule has 0 unspecified atom stereocenters. The minimum atomic E-state index is -0.394. The second-order valence-electron chi connectivity index (χ2n) is 4.70. The number of carbonyl (C=O) groups excluding carboxylic acids is 2. The Hall–Kier alpha value is -1.38. The van der Waals surface area contributed by atoms with E-state index in [1.54, 1.807) is 6.08 Å². The first-order valence-electron chi connectivity index (χ1n) is 5.21. The summed E-state index contributed by atoms with van der Waals surface area (Å²) in [6.45, 7) is 9.46. The van der Waals surface area contributed by atoms with Gasteiger partial charge in [0.15, 0.2) is 5.78 Å². The summed E-state index contributed by atoms with van der Waals surface area (Å²) in [4.78, 5) is 20.9. The lowest BCUT2D eigenvalue weighted by molar-refractivity contribution is -0.134. The van der Waals surface area contributed by atoms with Crippen LogP contribution in [0.4, 0.5) is 0 Å². The molecular weight excluding hydrogens is 204 g/mol. The van der Waals surface area contributed by atoms with Crippen molar-refractivity contribution in [2.24, 2.45) is 5.41 Å². The fraction of sp³-hybridized carbons (Fsp3) is 0.538. The summed E-state index contributed by atoms with van der Waals surface area (Å²) in [5, 5.41) is 0. The average molecular weight is 224 g/mol. The Bertz CT molecular complexity index is 311. The molecule has 0 atom stereocenters. The normalized spacial score (nSPS) is 17.8. The van der Waals surface area contributed by atoms with Crippen molar-refractivity contribution in [1.82, 2.24) is 0 Å². The maximum atomic E-state index is 11.0. The summed E-state index contributed by atoms with van der Waals surface area (Å²) in [6.07, 6.45) is 4.66. The van der Waals surface area contributed by atoms with Gasteiger partial charge in [0.25, 0.3) is 0 Å². The van der Waals surface area contributed by atoms with Crippen LogP contribution in [0.2, 0.25) is 0 Å². The number of rotatable bonds is 1. The largest absolute Gasteiger partial charge is 0.466 e. The maximum Gasteiger partial charge on any atom is 0.329 e. The van der Waals surface area contributed by atoms with Crippen molar-refractivity contribution in [3.8, 4) is 0 Å². The number of methoxy groups -OCH3 is 1. The third-order valence-corrected chi connectivity index (χ3v) is 2.19. The third-order valence-electron chi connectivity index (χ3n) is 2.19. The molecule has 0 aromatic heterocycles. The van der Waals surface area contributed by atoms with E-state index >= 15 is 0 Å². The quantitative estimate of drug-likeness (QED) is 0.508. The van der Waals surface area contributed by atoms with Gasteiger partial charge in [-0.25, -0.2) is 4.79 Å². The minimum absolute atomic E-state index is 0.204. The predicted octanol–water partition coefficient (Wildman–Crippen LogP) is 2.67. The van der Waals surface area contributed by atoms with Gasteiger partial charge in [-0.3, -0.25) is 4.79 Å². The zero-order chi connectivity index (χ0) is 12.8. The number of allylic oxidation sites excluding steroid dienone is 2. The molecule has 0 heterocycles. The van der Waals surface area contributed by atoms with Crippen LogP contribution in [0, 0.1) is 5.41 Å². The van der Waals surface area contributed by atoms with Gasteiger partial charge >= 0.3 is 5.97 Å². The lowest BCUT2D eigenvalue weighted by Crippen LogP contribution is -2.20. The second-order valence-corrected chi connectivity index (χ2v) is 4.70. The van der Waals surface area contributed by atoms with E-state index in [2.05, 4.69) is 25.2 Å². The van der Waals surface area contributed by atoms with Crippen molar-refractivity contribution < 1.29 is 14.3 Å². The molecule has 0 fully saturated rings. The number of hydrogen-bond donors (Lipinski definition) is 0. The van der Waals surface area contributed by atoms with Gasteiger partial charge in [-0.1, -0.05) is 26.0 Å². The van der Waals surface area contributed by atoms with E-state index in [1.807, 2.05) is 6.92 Å². The Morgan fingerprint density at radius 3 is 2.31 bits per heavy atom. The van der Waals surface area contributed by atoms with Crippen molar-refractivity contribution in [3.63, 3.8) is 0 Å². The highest BCUT2D eigenvalue weighted by atomic mass is 16.5. The number of esters is 1. The summed E-state index contributed by atoms with van der Waals surface area (Å²) in [7, 11) is 1.31. The molecule has 3 nitrogen and oxygen atoms in total. The lowest BCUT2D eigenvalue weighted by atomic mass is 9.77. The van der Waals surface area contributed by atoms with Gasteiger partial charge in [-0.2, -0.15) is 0 Å². The van der Waals surface area contributed by atoms with Crippen molar-refractivity contribution >= 4 is 11.8 Å². The standard InChI is InChI=1S/C9H14O.C4H6O2/c1-7-4-8(10)6-9(2,3)5-7;1-3-4(5)6-2/h4H,5-6H2,1-3H3;3H,1H2,2H3. The number of carbonyl (C=O) groups is 2. The zero-order valence-electron chi connectivity index (χ0n) is 10.5. The van der Waals surface area contributed by atoms with Gasteiger partial charge in [0.1, 0.15) is 0 Å². The van der Waals surface area contributed by atoms with Crippen LogP contribution in [0.25, 0.3) is 0 Å². The van der Waals surface area contributed by atoms with E-state index in [9.17, 15) is 9.59 Å². The fourth-order valence-corrected chi connectivity index (χ4v) is 1.75. The predicted molar refractivity (Wildman–Crippen MR) is 64.0 cm³/mol. The summed E-state index contributed by atoms with van der Waals surface area (Å²) < 4.78 is 4.14. The van der Waals surface area contributed by atoms with Crippen LogP contribution in [0.1, 0.15) is 33.6 Å². The number of ketones is 1. The first-order valence-corrected chi connectivity index (χ1v) is 5.21. The van der Waals surface area contributed by atoms with E-state index in [4.69, 9.17) is 0 Å². The van der Waals surface area contributed by atoms with Crippen molar-refractivity contribution in [2.75, 3.05) is 7.11 Å². The smallest absolute Gasteiger partial charge is 0.329 e. The van der Waals surface area contributed by atoms with Crippen LogP contribution in [0.15, 0.2) is 24.3 Å². The van der Waals surface area contributed by atoms with Crippen molar-refractivity contribution in [2.45, 2.75) is 33.6 Å². The second kappa shape index (κ2) is 6.26. The van der Waals surface area contributed by atoms with E-state index in [0.29, 0.717) is 6.42 Å². The van der Waals surface area contributed by atoms with E-state index in [1.165, 1.54) is 12.7 Å². The molecule has 0 bridgehead atoms. The molecule has 0 saturated carbocycles. The summed E-state index contributed by atoms with van der Waals surface area (Å²) in [6, 6.07) is 0. The Kier molecular flexibility index (Phi) is 5.72. The van der Waals surface area contributed by atoms with Gasteiger partial charge in [0, 0.05) is 12.5 Å². The van der Waals surface area contributed by atoms with Gasteiger partial charge in [-0.05, 0) is 24.8 Å². The maximum absolute atomic E-state index is 11.0. The molecule has 0 aliphatic heterocycles. The summed E-state index contributed by atoms with van der Waals surface area (Å²) in [5.74, 6) is -0.108. The molecule has 0 saturated heterocycles. The Morgan fingerprint density at radius 2 is 2.06 bits per heavy atom. The zero-order valence-corrected chi connectivity index (χ0v) is 10.5. The highest BCUT2D eigenvalue weighted by Gasteiger charge is 2.25. The molecule has 0 amide bonds. The van der Waals surface area contributed by atoms with Crippen LogP contribution in [0.3, 0.4) is 0 Å². The topological polar surface area (TPSA) is 43.4 Å². The molecule has 1 aliphatic carbocycles. The molecule has 0 aromatic carbocycles. The van der Waals surface area contributed by atoms with Crippen LogP contribution >= 0.6 is 0 Å². The number of hydrogen-bond acceptors (Lipinski definition) is 3. The molecule has 3 heteroatoms. The Morgan fingerprint density at radius 1 is 1.50 bits per heavy atom. The Balaban J connectivity index is 0.000000325. The van der Waals surface area contributed by atoms with E-state index in [0.717, 1.165) is 12.5 Å². The van der Waals surface area contributed by atoms with Crippen LogP contribution < -0.4 is 0 Å². The highest BCUT2D eigenvalue weighted by molar-refractivity contribution is 5.91. The first-order chi connectivity index (χ1) is 7.30. The number of ether oxygens (including phenoxy) is 1. The first kappa shape index (κ1) is 14.6. The molecular formula is C13H20O3. The third kappa shape index (κ3) is 6.17. The van der Waals surface area contributed by atoms with Gasteiger partial charge < -0.3 is 4.74 Å². The minimum Gasteiger partial charge on any atom is -0.466 e. The fourth-order valence-electron chi connectivity index (χ4n) is 1.75. The van der Waals surface area contributed by atoms with Gasteiger partial charge in [0.05, 0.1) is 7.11 Å². The molecule has 0 radical (unpaired) electrons. The summed E-state index contributed by atoms with van der Waals surface area (Å²) >= 11 is 0. The molecule has 0 aromatic rings. The Labute approximate surface area is 97.2 Å². The molecule has 0 N–H and O–H groups in total. The molecule has 0 spiro atoms. The monoisotopic (exact) mass is 224 g/mol. The molecule has 16 heavy (non-hydrogen) atoms. The van der Waals surface area contributed by atoms with Gasteiger partial charge in [0.2, 0.25) is 0 Å². The average Bonchev–Trinajstić information content (AvgIpc) is 2.13. The highest BCUT2D eigenvalue weighted by Crippen LogP contribution is 2.32. The SMILES string of the molecule is C=CC(=O)OC.CC1=CC(=O)CC(C)(C)C1. The molecule has 1 aliphatic rings. The lowest BCUT2D eigenvalue weighted by Gasteiger charge is -2.27. The van der Waals surface area contributed by atoms with Gasteiger partial charge in [-0.15, -0.1) is 0 Å².